The van der Waals surface area contributed by atoms with Gasteiger partial charge in [-0.25, -0.2) is 0 Å². The van der Waals surface area contributed by atoms with Crippen molar-refractivity contribution in [3.05, 3.63) is 58.1 Å². The zero-order valence-electron chi connectivity index (χ0n) is 13.8. The first-order valence-corrected chi connectivity index (χ1v) is 8.11. The Morgan fingerprint density at radius 3 is 2.25 bits per heavy atom. The van der Waals surface area contributed by atoms with Crippen molar-refractivity contribution in [2.24, 2.45) is 5.10 Å². The molecule has 0 saturated carbocycles. The van der Waals surface area contributed by atoms with E-state index >= 15 is 0 Å². The molecular formula is C18H20Cl2N3O+. The first-order valence-electron chi connectivity index (χ1n) is 7.35. The van der Waals surface area contributed by atoms with Crippen molar-refractivity contribution in [2.45, 2.75) is 19.3 Å². The summed E-state index contributed by atoms with van der Waals surface area (Å²) in [5.74, 6) is 0.787. The van der Waals surface area contributed by atoms with Gasteiger partial charge in [-0.1, -0.05) is 23.2 Å². The maximum Gasteiger partial charge on any atom is 0.203 e. The molecule has 0 radical (unpaired) electrons. The second-order valence-electron chi connectivity index (χ2n) is 5.84. The van der Waals surface area contributed by atoms with Crippen LogP contribution in [0.4, 0.5) is 5.69 Å². The van der Waals surface area contributed by atoms with Crippen molar-refractivity contribution in [2.75, 3.05) is 12.5 Å². The third-order valence-electron chi connectivity index (χ3n) is 3.79. The SMILES string of the molecule is COc1ccc(N/N=C/C(=[NH2+])C(C)(C)c2cc(Cl)cc(Cl)c2)cc1. The number of hydrogen-bond acceptors (Lipinski definition) is 3. The summed E-state index contributed by atoms with van der Waals surface area (Å²) in [6, 6.07) is 12.8. The number of nitrogens with zero attached hydrogens (tertiary/aromatic N) is 1. The van der Waals surface area contributed by atoms with Crippen LogP contribution in [0.2, 0.25) is 10.0 Å². The number of nitrogens with two attached hydrogens (primary N) is 1. The summed E-state index contributed by atoms with van der Waals surface area (Å²) in [6.45, 7) is 3.98. The molecule has 0 amide bonds. The number of methoxy groups -OCH3 is 1. The smallest absolute Gasteiger partial charge is 0.203 e. The number of nitrogens with one attached hydrogen (secondary N) is 1. The molecule has 4 nitrogen and oxygen atoms in total. The van der Waals surface area contributed by atoms with E-state index < -0.39 is 5.41 Å². The van der Waals surface area contributed by atoms with Gasteiger partial charge in [0.25, 0.3) is 0 Å². The maximum absolute atomic E-state index is 6.21. The number of ether oxygens (including phenoxy) is 1. The Bertz CT molecular complexity index is 735. The van der Waals surface area contributed by atoms with Gasteiger partial charge in [-0.2, -0.15) is 5.10 Å². The molecule has 0 atom stereocenters. The highest BCUT2D eigenvalue weighted by atomic mass is 35.5. The molecule has 0 unspecified atom stereocenters. The zero-order valence-corrected chi connectivity index (χ0v) is 15.3. The minimum Gasteiger partial charge on any atom is -0.497 e. The van der Waals surface area contributed by atoms with E-state index in [9.17, 15) is 0 Å². The average Bonchev–Trinajstić information content (AvgIpc) is 2.54. The van der Waals surface area contributed by atoms with Crippen molar-refractivity contribution < 1.29 is 10.1 Å². The number of anilines is 1. The van der Waals surface area contributed by atoms with Crippen molar-refractivity contribution in [1.29, 1.82) is 0 Å². The average molecular weight is 365 g/mol. The molecular weight excluding hydrogens is 345 g/mol. The fourth-order valence-corrected chi connectivity index (χ4v) is 2.61. The molecule has 0 saturated heterocycles. The molecule has 0 aliphatic heterocycles. The van der Waals surface area contributed by atoms with E-state index in [2.05, 4.69) is 10.5 Å². The summed E-state index contributed by atoms with van der Waals surface area (Å²) < 4.78 is 5.11. The summed E-state index contributed by atoms with van der Waals surface area (Å²) >= 11 is 12.2. The number of hydrogen-bond donors (Lipinski definition) is 2. The predicted molar refractivity (Wildman–Crippen MR) is 102 cm³/mol. The standard InChI is InChI=1S/C18H19Cl2N3O/c1-18(2,12-8-13(19)10-14(20)9-12)17(21)11-22-23-15-4-6-16(24-3)7-5-15/h4-11,21,23H,1-3H3/p+1/b21-17?,22-11+. The monoisotopic (exact) mass is 364 g/mol. The van der Waals surface area contributed by atoms with Gasteiger partial charge in [0, 0.05) is 10.0 Å². The third-order valence-corrected chi connectivity index (χ3v) is 4.23. The summed E-state index contributed by atoms with van der Waals surface area (Å²) in [4.78, 5) is 0. The Morgan fingerprint density at radius 1 is 1.12 bits per heavy atom. The normalized spacial score (nSPS) is 11.5. The topological polar surface area (TPSA) is 59.2 Å². The lowest BCUT2D eigenvalue weighted by Crippen LogP contribution is -2.51. The minimum absolute atomic E-state index is 0.459. The summed E-state index contributed by atoms with van der Waals surface area (Å²) in [7, 11) is 1.63. The Morgan fingerprint density at radius 2 is 1.71 bits per heavy atom. The minimum atomic E-state index is -0.459. The number of halogens is 2. The lowest BCUT2D eigenvalue weighted by molar-refractivity contribution is -0.116. The highest BCUT2D eigenvalue weighted by Gasteiger charge is 2.30. The highest BCUT2D eigenvalue weighted by Crippen LogP contribution is 2.29. The van der Waals surface area contributed by atoms with Gasteiger partial charge in [0.05, 0.1) is 18.2 Å². The van der Waals surface area contributed by atoms with E-state index in [0.29, 0.717) is 15.8 Å². The van der Waals surface area contributed by atoms with Crippen molar-refractivity contribution in [3.8, 4) is 5.75 Å². The molecule has 24 heavy (non-hydrogen) atoms. The first kappa shape index (κ1) is 18.3. The van der Waals surface area contributed by atoms with Crippen LogP contribution >= 0.6 is 23.2 Å². The number of benzene rings is 2. The van der Waals surface area contributed by atoms with Crippen LogP contribution in [-0.4, -0.2) is 19.0 Å². The molecule has 3 N–H and O–H groups in total. The third kappa shape index (κ3) is 4.49. The molecule has 0 heterocycles. The van der Waals surface area contributed by atoms with E-state index in [-0.39, 0.29) is 0 Å². The molecule has 0 aliphatic carbocycles. The second kappa shape index (κ2) is 7.69. The van der Waals surface area contributed by atoms with Gasteiger partial charge < -0.3 is 4.74 Å². The summed E-state index contributed by atoms with van der Waals surface area (Å²) in [5, 5.41) is 11.6. The van der Waals surface area contributed by atoms with Gasteiger partial charge in [-0.05, 0) is 61.9 Å². The van der Waals surface area contributed by atoms with E-state index in [1.807, 2.05) is 50.2 Å². The molecule has 2 rings (SSSR count). The van der Waals surface area contributed by atoms with Crippen LogP contribution in [0.5, 0.6) is 5.75 Å². The van der Waals surface area contributed by atoms with Crippen LogP contribution in [0.1, 0.15) is 19.4 Å². The van der Waals surface area contributed by atoms with Crippen LogP contribution in [0.3, 0.4) is 0 Å². The maximum atomic E-state index is 6.21. The second-order valence-corrected chi connectivity index (χ2v) is 6.71. The number of rotatable bonds is 6. The Hall–Kier alpha value is -2.04. The van der Waals surface area contributed by atoms with E-state index in [1.165, 1.54) is 0 Å². The van der Waals surface area contributed by atoms with Crippen LogP contribution < -0.4 is 15.6 Å². The van der Waals surface area contributed by atoms with Crippen molar-refractivity contribution >= 4 is 40.8 Å². The van der Waals surface area contributed by atoms with Gasteiger partial charge in [0.1, 0.15) is 12.0 Å². The van der Waals surface area contributed by atoms with Gasteiger partial charge in [-0.3, -0.25) is 10.8 Å². The van der Waals surface area contributed by atoms with Crippen LogP contribution in [0, 0.1) is 0 Å². The molecule has 0 aliphatic rings. The van der Waals surface area contributed by atoms with Gasteiger partial charge in [-0.15, -0.1) is 0 Å². The highest BCUT2D eigenvalue weighted by molar-refractivity contribution is 6.35. The quantitative estimate of drug-likeness (QED) is 0.607. The van der Waals surface area contributed by atoms with Crippen LogP contribution in [0.25, 0.3) is 0 Å². The van der Waals surface area contributed by atoms with Crippen LogP contribution in [-0.2, 0) is 5.41 Å². The molecule has 0 bridgehead atoms. The fraction of sp³-hybridized carbons (Fsp3) is 0.222. The van der Waals surface area contributed by atoms with E-state index in [1.54, 1.807) is 19.4 Å². The summed E-state index contributed by atoms with van der Waals surface area (Å²) in [6.07, 6.45) is 1.60. The molecule has 0 aromatic heterocycles. The first-order chi connectivity index (χ1) is 11.3. The Labute approximate surface area is 151 Å². The molecule has 6 heteroatoms. The van der Waals surface area contributed by atoms with Crippen LogP contribution in [0.15, 0.2) is 47.6 Å². The lowest BCUT2D eigenvalue weighted by atomic mass is 9.80. The van der Waals surface area contributed by atoms with Gasteiger partial charge in [0.15, 0.2) is 0 Å². The Balaban J connectivity index is 2.08. The van der Waals surface area contributed by atoms with E-state index in [0.717, 1.165) is 17.0 Å². The molecule has 2 aromatic rings. The number of hydrazone groups is 1. The van der Waals surface area contributed by atoms with Crippen molar-refractivity contribution in [3.63, 3.8) is 0 Å². The lowest BCUT2D eigenvalue weighted by Gasteiger charge is -2.21. The molecule has 126 valence electrons. The molecule has 2 aromatic carbocycles. The van der Waals surface area contributed by atoms with Gasteiger partial charge >= 0.3 is 0 Å². The zero-order chi connectivity index (χ0) is 17.7. The fourth-order valence-electron chi connectivity index (χ4n) is 2.08. The summed E-state index contributed by atoms with van der Waals surface area (Å²) in [5.41, 5.74) is 4.82. The molecule has 0 spiro atoms. The Kier molecular flexibility index (Phi) is 5.86. The van der Waals surface area contributed by atoms with E-state index in [4.69, 9.17) is 33.3 Å². The molecule has 0 fully saturated rings. The largest absolute Gasteiger partial charge is 0.497 e. The van der Waals surface area contributed by atoms with Crippen molar-refractivity contribution in [1.82, 2.24) is 0 Å². The predicted octanol–water partition coefficient (Wildman–Crippen LogP) is 3.58. The van der Waals surface area contributed by atoms with Gasteiger partial charge in [0.2, 0.25) is 5.71 Å².